The Morgan fingerprint density at radius 1 is 1.16 bits per heavy atom. The Morgan fingerprint density at radius 3 is 2.59 bits per heavy atom. The van der Waals surface area contributed by atoms with E-state index in [1.807, 2.05) is 24.3 Å². The number of fused-ring (bicyclic) bond motifs is 1. The van der Waals surface area contributed by atoms with Gasteiger partial charge in [-0.05, 0) is 48.2 Å². The summed E-state index contributed by atoms with van der Waals surface area (Å²) in [5.41, 5.74) is 4.75. The average Bonchev–Trinajstić information content (AvgIpc) is 3.58. The summed E-state index contributed by atoms with van der Waals surface area (Å²) in [7, 11) is 3.19. The summed E-state index contributed by atoms with van der Waals surface area (Å²) in [6.45, 7) is 2.87. The number of alkyl halides is 1. The molecule has 0 spiro atoms. The molecule has 0 bridgehead atoms. The van der Waals surface area contributed by atoms with E-state index in [0.717, 1.165) is 35.3 Å². The van der Waals surface area contributed by atoms with Crippen LogP contribution in [0.5, 0.6) is 11.5 Å². The molecule has 5 rings (SSSR count). The predicted molar refractivity (Wildman–Crippen MR) is 142 cm³/mol. The summed E-state index contributed by atoms with van der Waals surface area (Å²) in [5, 5.41) is 6.20. The minimum atomic E-state index is -0.705. The number of hydrogen-bond donors (Lipinski definition) is 2. The molecule has 1 fully saturated rings. The average molecular weight is 507 g/mol. The largest absolute Gasteiger partial charge is 0.497 e. The fraction of sp³-hybridized carbons (Fsp3) is 0.357. The van der Waals surface area contributed by atoms with Gasteiger partial charge in [0, 0.05) is 61.7 Å². The molecule has 1 unspecified atom stereocenters. The van der Waals surface area contributed by atoms with E-state index in [1.54, 1.807) is 32.5 Å². The molecule has 2 aliphatic heterocycles. The standard InChI is InChI=1S/C28H31FN4O4/c1-17(34)31-20-7-9-32(15-20)21-5-4-18(14-29)26(12-21)33-16-25(24-6-8-30-27(24)28(33)35)19-10-22(36-2)13-23(11-19)37-3/h4-5,10-13,16,20,30H,6-9,14-15H2,1-3H3,(H,31,34). The smallest absolute Gasteiger partial charge is 0.278 e. The minimum absolute atomic E-state index is 0.0563. The highest BCUT2D eigenvalue weighted by atomic mass is 19.1. The molecule has 0 saturated carbocycles. The van der Waals surface area contributed by atoms with Crippen molar-refractivity contribution in [2.45, 2.75) is 32.5 Å². The van der Waals surface area contributed by atoms with E-state index in [1.165, 1.54) is 11.5 Å². The summed E-state index contributed by atoms with van der Waals surface area (Å²) in [5.74, 6) is 1.22. The molecule has 2 aromatic carbocycles. The Hall–Kier alpha value is -4.01. The number of amides is 1. The molecule has 1 amide bonds. The Bertz CT molecular complexity index is 1380. The van der Waals surface area contributed by atoms with Crippen molar-refractivity contribution in [3.05, 3.63) is 64.1 Å². The van der Waals surface area contributed by atoms with Gasteiger partial charge in [-0.15, -0.1) is 0 Å². The van der Waals surface area contributed by atoms with Gasteiger partial charge < -0.3 is 25.0 Å². The second-order valence-corrected chi connectivity index (χ2v) is 9.43. The number of carbonyl (C=O) groups excluding carboxylic acids is 1. The van der Waals surface area contributed by atoms with E-state index < -0.39 is 6.67 Å². The highest BCUT2D eigenvalue weighted by molar-refractivity contribution is 5.77. The van der Waals surface area contributed by atoms with Crippen LogP contribution in [-0.2, 0) is 17.9 Å². The van der Waals surface area contributed by atoms with Crippen LogP contribution in [0.1, 0.15) is 24.5 Å². The van der Waals surface area contributed by atoms with Crippen LogP contribution >= 0.6 is 0 Å². The van der Waals surface area contributed by atoms with Crippen LogP contribution in [-0.4, -0.2) is 50.4 Å². The van der Waals surface area contributed by atoms with Crippen molar-refractivity contribution < 1.29 is 18.7 Å². The lowest BCUT2D eigenvalue weighted by Gasteiger charge is -2.22. The molecule has 194 valence electrons. The van der Waals surface area contributed by atoms with Crippen LogP contribution in [0.15, 0.2) is 47.4 Å². The lowest BCUT2D eigenvalue weighted by molar-refractivity contribution is -0.119. The van der Waals surface area contributed by atoms with Crippen molar-refractivity contribution in [1.82, 2.24) is 9.88 Å². The first kappa shape index (κ1) is 24.7. The SMILES string of the molecule is COc1cc(OC)cc(-c2cn(-c3cc(N4CCC(NC(C)=O)C4)ccc3CF)c(=O)c3c2CCN3)c1. The lowest BCUT2D eigenvalue weighted by Crippen LogP contribution is -2.35. The minimum Gasteiger partial charge on any atom is -0.497 e. The number of nitrogens with one attached hydrogen (secondary N) is 2. The first-order valence-electron chi connectivity index (χ1n) is 12.4. The first-order chi connectivity index (χ1) is 17.9. The van der Waals surface area contributed by atoms with Crippen molar-refractivity contribution in [2.24, 2.45) is 0 Å². The number of pyridine rings is 1. The van der Waals surface area contributed by atoms with Gasteiger partial charge in [0.2, 0.25) is 5.91 Å². The van der Waals surface area contributed by atoms with Crippen LogP contribution in [0.2, 0.25) is 0 Å². The quantitative estimate of drug-likeness (QED) is 0.509. The van der Waals surface area contributed by atoms with Crippen molar-refractivity contribution in [1.29, 1.82) is 0 Å². The number of rotatable bonds is 7. The van der Waals surface area contributed by atoms with Gasteiger partial charge in [0.25, 0.3) is 5.56 Å². The molecule has 1 aromatic heterocycles. The maximum absolute atomic E-state index is 14.2. The van der Waals surface area contributed by atoms with Crippen LogP contribution in [0.3, 0.4) is 0 Å². The van der Waals surface area contributed by atoms with Gasteiger partial charge in [0.05, 0.1) is 19.9 Å². The third-order valence-corrected chi connectivity index (χ3v) is 7.09. The third-order valence-electron chi connectivity index (χ3n) is 7.09. The van der Waals surface area contributed by atoms with E-state index in [-0.39, 0.29) is 17.5 Å². The fourth-order valence-electron chi connectivity index (χ4n) is 5.28. The zero-order valence-corrected chi connectivity index (χ0v) is 21.3. The highest BCUT2D eigenvalue weighted by Gasteiger charge is 2.26. The second-order valence-electron chi connectivity index (χ2n) is 9.43. The topological polar surface area (TPSA) is 84.8 Å². The molecule has 8 nitrogen and oxygen atoms in total. The number of carbonyl (C=O) groups is 1. The molecule has 3 aromatic rings. The highest BCUT2D eigenvalue weighted by Crippen LogP contribution is 2.36. The number of benzene rings is 2. The number of methoxy groups -OCH3 is 2. The van der Waals surface area contributed by atoms with E-state index in [0.29, 0.717) is 47.9 Å². The molecule has 3 heterocycles. The molecule has 1 saturated heterocycles. The number of aromatic nitrogens is 1. The molecular weight excluding hydrogens is 475 g/mol. The summed E-state index contributed by atoms with van der Waals surface area (Å²) < 4.78 is 26.7. The van der Waals surface area contributed by atoms with Crippen molar-refractivity contribution in [3.63, 3.8) is 0 Å². The van der Waals surface area contributed by atoms with Crippen LogP contribution in [0.4, 0.5) is 15.8 Å². The van der Waals surface area contributed by atoms with Crippen molar-refractivity contribution in [2.75, 3.05) is 44.1 Å². The molecule has 2 N–H and O–H groups in total. The number of nitrogens with zero attached hydrogens (tertiary/aromatic N) is 2. The Balaban J connectivity index is 1.63. The second kappa shape index (κ2) is 10.2. The van der Waals surface area contributed by atoms with Gasteiger partial charge in [0.1, 0.15) is 23.9 Å². The fourth-order valence-corrected chi connectivity index (χ4v) is 5.28. The molecule has 1 atom stereocenters. The molecule has 37 heavy (non-hydrogen) atoms. The summed E-state index contributed by atoms with van der Waals surface area (Å²) in [6.07, 6.45) is 3.32. The first-order valence-corrected chi connectivity index (χ1v) is 12.4. The van der Waals surface area contributed by atoms with E-state index >= 15 is 0 Å². The van der Waals surface area contributed by atoms with Gasteiger partial charge in [-0.2, -0.15) is 0 Å². The Labute approximate surface area is 215 Å². The normalized spacial score (nSPS) is 16.3. The summed E-state index contributed by atoms with van der Waals surface area (Å²) >= 11 is 0. The molecule has 2 aliphatic rings. The molecule has 0 radical (unpaired) electrons. The zero-order chi connectivity index (χ0) is 26.1. The zero-order valence-electron chi connectivity index (χ0n) is 21.3. The monoisotopic (exact) mass is 506 g/mol. The third kappa shape index (κ3) is 4.73. The summed E-state index contributed by atoms with van der Waals surface area (Å²) in [6, 6.07) is 11.1. The number of hydrogen-bond acceptors (Lipinski definition) is 6. The van der Waals surface area contributed by atoms with Gasteiger partial charge in [0.15, 0.2) is 0 Å². The predicted octanol–water partition coefficient (Wildman–Crippen LogP) is 3.67. The van der Waals surface area contributed by atoms with Gasteiger partial charge in [-0.25, -0.2) is 4.39 Å². The number of halogens is 1. The lowest BCUT2D eigenvalue weighted by atomic mass is 9.99. The molecule has 9 heteroatoms. The van der Waals surface area contributed by atoms with Crippen LogP contribution in [0.25, 0.3) is 16.8 Å². The van der Waals surface area contributed by atoms with Gasteiger partial charge in [-0.3, -0.25) is 14.2 Å². The van der Waals surface area contributed by atoms with Gasteiger partial charge in [-0.1, -0.05) is 6.07 Å². The maximum Gasteiger partial charge on any atom is 0.278 e. The molecule has 0 aliphatic carbocycles. The summed E-state index contributed by atoms with van der Waals surface area (Å²) in [4.78, 5) is 27.3. The maximum atomic E-state index is 14.2. The van der Waals surface area contributed by atoms with Gasteiger partial charge >= 0.3 is 0 Å². The van der Waals surface area contributed by atoms with Crippen LogP contribution < -0.4 is 30.6 Å². The van der Waals surface area contributed by atoms with Crippen molar-refractivity contribution in [3.8, 4) is 28.3 Å². The van der Waals surface area contributed by atoms with Crippen LogP contribution in [0, 0.1) is 0 Å². The number of ether oxygens (including phenoxy) is 2. The Kier molecular flexibility index (Phi) is 6.78. The van der Waals surface area contributed by atoms with E-state index in [2.05, 4.69) is 15.5 Å². The number of anilines is 2. The molecular formula is C28H31FN4O4. The van der Waals surface area contributed by atoms with E-state index in [4.69, 9.17) is 9.47 Å². The van der Waals surface area contributed by atoms with E-state index in [9.17, 15) is 14.0 Å². The van der Waals surface area contributed by atoms with Crippen molar-refractivity contribution >= 4 is 17.3 Å². The Morgan fingerprint density at radius 2 is 1.92 bits per heavy atom.